The molecule has 0 fully saturated rings. The van der Waals surface area contributed by atoms with Crippen molar-refractivity contribution < 1.29 is 19.0 Å². The van der Waals surface area contributed by atoms with E-state index in [9.17, 15) is 0 Å². The summed E-state index contributed by atoms with van der Waals surface area (Å²) in [7, 11) is 0. The van der Waals surface area contributed by atoms with E-state index in [2.05, 4.69) is 9.37 Å². The van der Waals surface area contributed by atoms with Gasteiger partial charge in [0.1, 0.15) is 17.8 Å². The van der Waals surface area contributed by atoms with Crippen molar-refractivity contribution in [2.45, 2.75) is 12.0 Å². The predicted molar refractivity (Wildman–Crippen MR) is 34.1 cm³/mol. The van der Waals surface area contributed by atoms with E-state index in [0.717, 1.165) is 17.8 Å². The fraction of sp³-hybridized carbons (Fsp3) is 0.200. The molecule has 0 amide bonds. The highest BCUT2D eigenvalue weighted by atomic mass is 32.2. The highest BCUT2D eigenvalue weighted by Gasteiger charge is 1.99. The van der Waals surface area contributed by atoms with Gasteiger partial charge in [-0.05, 0) is 19.1 Å². The molecule has 0 aromatic carbocycles. The Morgan fingerprint density at radius 1 is 1.60 bits per heavy atom. The van der Waals surface area contributed by atoms with Gasteiger partial charge in [0.25, 0.3) is 0 Å². The first-order chi connectivity index (χ1) is 4.83. The third-order valence-corrected chi connectivity index (χ3v) is 1.37. The minimum absolute atomic E-state index is 0.534. The van der Waals surface area contributed by atoms with Crippen LogP contribution in [-0.2, 0) is 9.37 Å². The van der Waals surface area contributed by atoms with Crippen LogP contribution in [-0.4, -0.2) is 5.26 Å². The van der Waals surface area contributed by atoms with Crippen molar-refractivity contribution in [3.8, 4) is 0 Å². The van der Waals surface area contributed by atoms with Crippen molar-refractivity contribution >= 4 is 12.0 Å². The first-order valence-electron chi connectivity index (χ1n) is 2.54. The zero-order chi connectivity index (χ0) is 7.40. The smallest absolute Gasteiger partial charge is 0.190 e. The van der Waals surface area contributed by atoms with E-state index in [1.54, 1.807) is 12.1 Å². The van der Waals surface area contributed by atoms with Crippen molar-refractivity contribution in [1.29, 1.82) is 0 Å². The number of furan rings is 1. The molecule has 0 radical (unpaired) electrons. The van der Waals surface area contributed by atoms with Gasteiger partial charge in [0.15, 0.2) is 5.09 Å². The van der Waals surface area contributed by atoms with Crippen LogP contribution in [0.5, 0.6) is 0 Å². The largest absolute Gasteiger partial charge is 0.453 e. The second-order valence-electron chi connectivity index (χ2n) is 1.59. The van der Waals surface area contributed by atoms with E-state index in [1.807, 2.05) is 6.92 Å². The molecular weight excluding hydrogens is 156 g/mol. The Bertz CT molecular complexity index is 197. The Balaban J connectivity index is 2.42. The van der Waals surface area contributed by atoms with Gasteiger partial charge in [0.2, 0.25) is 0 Å². The molecule has 1 N–H and O–H groups in total. The second-order valence-corrected chi connectivity index (χ2v) is 2.30. The molecule has 10 heavy (non-hydrogen) atoms. The summed E-state index contributed by atoms with van der Waals surface area (Å²) >= 11 is 0.802. The van der Waals surface area contributed by atoms with E-state index < -0.39 is 0 Å². The molecule has 0 atom stereocenters. The summed E-state index contributed by atoms with van der Waals surface area (Å²) in [6.45, 7) is 1.81. The van der Waals surface area contributed by atoms with Gasteiger partial charge in [-0.25, -0.2) is 5.26 Å². The summed E-state index contributed by atoms with van der Waals surface area (Å²) in [6, 6.07) is 3.49. The Labute approximate surface area is 61.8 Å². The fourth-order valence-electron chi connectivity index (χ4n) is 0.506. The van der Waals surface area contributed by atoms with Crippen LogP contribution in [0, 0.1) is 6.92 Å². The summed E-state index contributed by atoms with van der Waals surface area (Å²) in [5.41, 5.74) is 0. The lowest BCUT2D eigenvalue weighted by atomic mass is 10.5. The van der Waals surface area contributed by atoms with Crippen molar-refractivity contribution in [1.82, 2.24) is 0 Å². The third-order valence-electron chi connectivity index (χ3n) is 0.862. The Morgan fingerprint density at radius 3 is 2.90 bits per heavy atom. The molecule has 0 aliphatic heterocycles. The third kappa shape index (κ3) is 2.03. The monoisotopic (exact) mass is 162 g/mol. The van der Waals surface area contributed by atoms with E-state index in [1.165, 1.54) is 0 Å². The molecule has 0 saturated carbocycles. The van der Waals surface area contributed by atoms with Crippen LogP contribution in [0.3, 0.4) is 0 Å². The lowest BCUT2D eigenvalue weighted by molar-refractivity contribution is -0.432. The summed E-state index contributed by atoms with van der Waals surface area (Å²) < 4.78 is 9.14. The minimum Gasteiger partial charge on any atom is -0.453 e. The minimum atomic E-state index is 0.534. The normalized spacial score (nSPS) is 10.2. The van der Waals surface area contributed by atoms with Crippen molar-refractivity contribution in [3.05, 3.63) is 17.9 Å². The van der Waals surface area contributed by atoms with Crippen molar-refractivity contribution in [2.75, 3.05) is 0 Å². The Hall–Kier alpha value is -0.490. The molecule has 0 unspecified atom stereocenters. The first-order valence-corrected chi connectivity index (χ1v) is 3.28. The van der Waals surface area contributed by atoms with Gasteiger partial charge in [-0.3, -0.25) is 0 Å². The van der Waals surface area contributed by atoms with E-state index in [0.29, 0.717) is 5.09 Å². The van der Waals surface area contributed by atoms with Gasteiger partial charge in [0.05, 0.1) is 0 Å². The fourth-order valence-corrected chi connectivity index (χ4v) is 0.892. The maximum atomic E-state index is 7.75. The van der Waals surface area contributed by atoms with Crippen LogP contribution in [0.1, 0.15) is 5.76 Å². The lowest BCUT2D eigenvalue weighted by Gasteiger charge is -1.89. The van der Waals surface area contributed by atoms with Crippen LogP contribution in [0.25, 0.3) is 0 Å². The molecule has 0 spiro atoms. The highest BCUT2D eigenvalue weighted by molar-refractivity contribution is 7.94. The summed E-state index contributed by atoms with van der Waals surface area (Å²) in [4.78, 5) is 0. The number of hydrogen-bond donors (Lipinski definition) is 1. The van der Waals surface area contributed by atoms with Gasteiger partial charge in [-0.2, -0.15) is 0 Å². The topological polar surface area (TPSA) is 51.8 Å². The van der Waals surface area contributed by atoms with E-state index in [-0.39, 0.29) is 0 Å². The van der Waals surface area contributed by atoms with E-state index in [4.69, 9.17) is 9.67 Å². The van der Waals surface area contributed by atoms with E-state index >= 15 is 0 Å². The average molecular weight is 162 g/mol. The second kappa shape index (κ2) is 3.62. The average Bonchev–Trinajstić information content (AvgIpc) is 2.31. The zero-order valence-corrected chi connectivity index (χ0v) is 6.05. The molecule has 0 aliphatic carbocycles. The predicted octanol–water partition coefficient (Wildman–Crippen LogP) is 2.02. The maximum Gasteiger partial charge on any atom is 0.190 e. The molecular formula is C5H6O4S. The first kappa shape index (κ1) is 7.62. The van der Waals surface area contributed by atoms with Gasteiger partial charge in [-0.1, -0.05) is 5.04 Å². The molecule has 1 rings (SSSR count). The van der Waals surface area contributed by atoms with Crippen LogP contribution >= 0.6 is 12.0 Å². The molecule has 0 aliphatic rings. The van der Waals surface area contributed by atoms with Gasteiger partial charge >= 0.3 is 0 Å². The van der Waals surface area contributed by atoms with Crippen LogP contribution < -0.4 is 0 Å². The molecule has 1 heterocycles. The summed E-state index contributed by atoms with van der Waals surface area (Å²) in [6.07, 6.45) is 0. The molecule has 0 saturated heterocycles. The van der Waals surface area contributed by atoms with Crippen molar-refractivity contribution in [3.63, 3.8) is 0 Å². The molecule has 1 aromatic heterocycles. The van der Waals surface area contributed by atoms with Crippen LogP contribution in [0.4, 0.5) is 0 Å². The lowest BCUT2D eigenvalue weighted by Crippen LogP contribution is -1.75. The van der Waals surface area contributed by atoms with Crippen LogP contribution in [0.15, 0.2) is 21.6 Å². The van der Waals surface area contributed by atoms with Crippen LogP contribution in [0.2, 0.25) is 0 Å². The molecule has 4 nitrogen and oxygen atoms in total. The van der Waals surface area contributed by atoms with Gasteiger partial charge in [-0.15, -0.1) is 4.33 Å². The number of hydrogen-bond acceptors (Lipinski definition) is 5. The maximum absolute atomic E-state index is 7.75. The molecule has 56 valence electrons. The van der Waals surface area contributed by atoms with Gasteiger partial charge in [0, 0.05) is 0 Å². The quantitative estimate of drug-likeness (QED) is 0.418. The van der Waals surface area contributed by atoms with Crippen molar-refractivity contribution in [2.24, 2.45) is 0 Å². The molecule has 1 aromatic rings. The SMILES string of the molecule is Cc1ccc(SOOO)o1. The number of aryl methyl sites for hydroxylation is 1. The molecule has 5 heteroatoms. The summed E-state index contributed by atoms with van der Waals surface area (Å²) in [5, 5.41) is 11.6. The Kier molecular flexibility index (Phi) is 2.76. The van der Waals surface area contributed by atoms with Gasteiger partial charge < -0.3 is 4.42 Å². The standard InChI is InChI=1S/C5H6O4S/c1-4-2-3-5(7-4)10-9-8-6/h2-3,6H,1H3. The molecule has 0 bridgehead atoms. The summed E-state index contributed by atoms with van der Waals surface area (Å²) in [5.74, 6) is 0.782. The Morgan fingerprint density at radius 2 is 2.40 bits per heavy atom. The number of rotatable bonds is 3. The zero-order valence-electron chi connectivity index (χ0n) is 5.23. The highest BCUT2D eigenvalue weighted by Crippen LogP contribution is 2.20.